The fraction of sp³-hybridized carbons (Fsp3) is 0.350. The molecular weight excluding hydrogens is 300 g/mol. The van der Waals surface area contributed by atoms with Crippen molar-refractivity contribution < 1.29 is 9.47 Å². The number of rotatable bonds is 8. The number of ether oxygens (including phenoxy) is 2. The van der Waals surface area contributed by atoms with Crippen LogP contribution in [0, 0.1) is 11.3 Å². The van der Waals surface area contributed by atoms with Gasteiger partial charge in [-0.15, -0.1) is 0 Å². The maximum absolute atomic E-state index is 8.78. The molecule has 0 N–H and O–H groups in total. The molecule has 126 valence electrons. The van der Waals surface area contributed by atoms with Crippen molar-refractivity contribution in [3.8, 4) is 17.6 Å². The van der Waals surface area contributed by atoms with Gasteiger partial charge in [0.1, 0.15) is 18.1 Å². The second kappa shape index (κ2) is 8.95. The molecule has 1 unspecified atom stereocenters. The van der Waals surface area contributed by atoms with Crippen molar-refractivity contribution in [2.75, 3.05) is 27.3 Å². The molecule has 0 heterocycles. The number of nitrogens with zero attached hydrogens (tertiary/aromatic N) is 2. The van der Waals surface area contributed by atoms with Gasteiger partial charge in [0.25, 0.3) is 0 Å². The van der Waals surface area contributed by atoms with Crippen molar-refractivity contribution in [3.05, 3.63) is 59.7 Å². The Morgan fingerprint density at radius 3 is 2.25 bits per heavy atom. The van der Waals surface area contributed by atoms with Crippen LogP contribution in [0.25, 0.3) is 0 Å². The molecule has 0 amide bonds. The van der Waals surface area contributed by atoms with Crippen LogP contribution in [0.4, 0.5) is 0 Å². The van der Waals surface area contributed by atoms with Gasteiger partial charge in [-0.05, 0) is 62.4 Å². The molecule has 1 atom stereocenters. The number of nitriles is 1. The second-order valence-electron chi connectivity index (χ2n) is 5.87. The highest BCUT2D eigenvalue weighted by molar-refractivity contribution is 5.34. The Bertz CT molecular complexity index is 660. The summed E-state index contributed by atoms with van der Waals surface area (Å²) in [6, 6.07) is 17.9. The van der Waals surface area contributed by atoms with Crippen LogP contribution >= 0.6 is 0 Å². The predicted molar refractivity (Wildman–Crippen MR) is 95.4 cm³/mol. The largest absolute Gasteiger partial charge is 0.497 e. The van der Waals surface area contributed by atoms with Crippen molar-refractivity contribution in [2.24, 2.45) is 0 Å². The van der Waals surface area contributed by atoms with Crippen LogP contribution in [0.3, 0.4) is 0 Å². The van der Waals surface area contributed by atoms with Gasteiger partial charge in [-0.1, -0.05) is 12.1 Å². The lowest BCUT2D eigenvalue weighted by Gasteiger charge is -2.24. The maximum Gasteiger partial charge on any atom is 0.119 e. The lowest BCUT2D eigenvalue weighted by molar-refractivity contribution is 0.199. The SMILES string of the molecule is COc1ccc(CC(C)N(C)CCOc2ccc(C#N)cc2)cc1. The Hall–Kier alpha value is -2.51. The van der Waals surface area contributed by atoms with Crippen LogP contribution in [0.5, 0.6) is 11.5 Å². The van der Waals surface area contributed by atoms with E-state index in [4.69, 9.17) is 14.7 Å². The van der Waals surface area contributed by atoms with Gasteiger partial charge in [0.2, 0.25) is 0 Å². The highest BCUT2D eigenvalue weighted by atomic mass is 16.5. The molecule has 0 saturated heterocycles. The zero-order valence-corrected chi connectivity index (χ0v) is 14.5. The summed E-state index contributed by atoms with van der Waals surface area (Å²) in [7, 11) is 3.79. The monoisotopic (exact) mass is 324 g/mol. The predicted octanol–water partition coefficient (Wildman–Crippen LogP) is 3.51. The highest BCUT2D eigenvalue weighted by Crippen LogP contribution is 2.15. The van der Waals surface area contributed by atoms with Gasteiger partial charge >= 0.3 is 0 Å². The third kappa shape index (κ3) is 5.29. The summed E-state index contributed by atoms with van der Waals surface area (Å²) in [5, 5.41) is 8.78. The number of hydrogen-bond donors (Lipinski definition) is 0. The van der Waals surface area contributed by atoms with Crippen molar-refractivity contribution in [1.29, 1.82) is 5.26 Å². The van der Waals surface area contributed by atoms with Crippen LogP contribution < -0.4 is 9.47 Å². The summed E-state index contributed by atoms with van der Waals surface area (Å²) in [4.78, 5) is 2.29. The molecule has 2 aromatic rings. The Morgan fingerprint density at radius 1 is 1.04 bits per heavy atom. The summed E-state index contributed by atoms with van der Waals surface area (Å²) in [6.07, 6.45) is 0.983. The van der Waals surface area contributed by atoms with Crippen LogP contribution in [0.2, 0.25) is 0 Å². The minimum atomic E-state index is 0.419. The third-order valence-electron chi connectivity index (χ3n) is 4.14. The molecule has 0 bridgehead atoms. The lowest BCUT2D eigenvalue weighted by atomic mass is 10.1. The van der Waals surface area contributed by atoms with Crippen molar-refractivity contribution in [2.45, 2.75) is 19.4 Å². The summed E-state index contributed by atoms with van der Waals surface area (Å²) in [5.41, 5.74) is 1.94. The summed E-state index contributed by atoms with van der Waals surface area (Å²) in [5.74, 6) is 1.68. The molecule has 0 radical (unpaired) electrons. The Labute approximate surface area is 144 Å². The Morgan fingerprint density at radius 2 is 1.67 bits per heavy atom. The molecule has 0 aromatic heterocycles. The maximum atomic E-state index is 8.78. The molecule has 0 aliphatic carbocycles. The van der Waals surface area contributed by atoms with E-state index in [0.29, 0.717) is 18.2 Å². The number of likely N-dealkylation sites (N-methyl/N-ethyl adjacent to an activating group) is 1. The van der Waals surface area contributed by atoms with E-state index in [-0.39, 0.29) is 0 Å². The van der Waals surface area contributed by atoms with E-state index in [1.165, 1.54) is 5.56 Å². The van der Waals surface area contributed by atoms with Crippen LogP contribution in [-0.4, -0.2) is 38.3 Å². The molecule has 0 spiro atoms. The fourth-order valence-electron chi connectivity index (χ4n) is 2.41. The number of methoxy groups -OCH3 is 1. The van der Waals surface area contributed by atoms with E-state index in [0.717, 1.165) is 24.5 Å². The Balaban J connectivity index is 1.76. The van der Waals surface area contributed by atoms with E-state index in [2.05, 4.69) is 37.1 Å². The molecular formula is C20H24N2O2. The Kier molecular flexibility index (Phi) is 6.65. The van der Waals surface area contributed by atoms with E-state index in [9.17, 15) is 0 Å². The smallest absolute Gasteiger partial charge is 0.119 e. The minimum absolute atomic E-state index is 0.419. The molecule has 4 heteroatoms. The van der Waals surface area contributed by atoms with Crippen molar-refractivity contribution >= 4 is 0 Å². The molecule has 2 aromatic carbocycles. The summed E-state index contributed by atoms with van der Waals surface area (Å²) < 4.78 is 10.9. The fourth-order valence-corrected chi connectivity index (χ4v) is 2.41. The zero-order valence-electron chi connectivity index (χ0n) is 14.5. The molecule has 24 heavy (non-hydrogen) atoms. The van der Waals surface area contributed by atoms with Crippen molar-refractivity contribution in [1.82, 2.24) is 4.90 Å². The number of hydrogen-bond acceptors (Lipinski definition) is 4. The zero-order chi connectivity index (χ0) is 17.4. The van der Waals surface area contributed by atoms with Gasteiger partial charge < -0.3 is 9.47 Å². The van der Waals surface area contributed by atoms with Gasteiger partial charge in [-0.2, -0.15) is 5.26 Å². The highest BCUT2D eigenvalue weighted by Gasteiger charge is 2.10. The van der Waals surface area contributed by atoms with Gasteiger partial charge in [0.15, 0.2) is 0 Å². The first-order valence-corrected chi connectivity index (χ1v) is 8.08. The number of benzene rings is 2. The second-order valence-corrected chi connectivity index (χ2v) is 5.87. The van der Waals surface area contributed by atoms with E-state index in [1.54, 1.807) is 19.2 Å². The lowest BCUT2D eigenvalue weighted by Crippen LogP contribution is -2.34. The van der Waals surface area contributed by atoms with Crippen LogP contribution in [-0.2, 0) is 6.42 Å². The molecule has 0 aliphatic rings. The van der Waals surface area contributed by atoms with E-state index < -0.39 is 0 Å². The normalized spacial score (nSPS) is 11.8. The van der Waals surface area contributed by atoms with E-state index in [1.807, 2.05) is 24.3 Å². The first-order chi connectivity index (χ1) is 11.6. The average Bonchev–Trinajstić information content (AvgIpc) is 2.62. The first kappa shape index (κ1) is 17.8. The quantitative estimate of drug-likeness (QED) is 0.745. The molecule has 0 fully saturated rings. The third-order valence-corrected chi connectivity index (χ3v) is 4.14. The van der Waals surface area contributed by atoms with Gasteiger partial charge in [0.05, 0.1) is 18.7 Å². The van der Waals surface area contributed by atoms with Crippen molar-refractivity contribution in [3.63, 3.8) is 0 Å². The minimum Gasteiger partial charge on any atom is -0.497 e. The van der Waals surface area contributed by atoms with E-state index >= 15 is 0 Å². The summed E-state index contributed by atoms with van der Waals surface area (Å²) in [6.45, 7) is 3.68. The molecule has 0 aliphatic heterocycles. The first-order valence-electron chi connectivity index (χ1n) is 8.08. The van der Waals surface area contributed by atoms with Gasteiger partial charge in [-0.3, -0.25) is 4.90 Å². The molecule has 0 saturated carbocycles. The molecule has 4 nitrogen and oxygen atoms in total. The van der Waals surface area contributed by atoms with Crippen LogP contribution in [0.15, 0.2) is 48.5 Å². The average molecular weight is 324 g/mol. The molecule has 2 rings (SSSR count). The van der Waals surface area contributed by atoms with Gasteiger partial charge in [0, 0.05) is 12.6 Å². The topological polar surface area (TPSA) is 45.5 Å². The standard InChI is InChI=1S/C20H24N2O2/c1-16(14-17-4-8-19(23-3)9-5-17)22(2)12-13-24-20-10-6-18(15-21)7-11-20/h4-11,16H,12-14H2,1-3H3. The van der Waals surface area contributed by atoms with Crippen LogP contribution in [0.1, 0.15) is 18.1 Å². The summed E-state index contributed by atoms with van der Waals surface area (Å²) >= 11 is 0. The van der Waals surface area contributed by atoms with Gasteiger partial charge in [-0.25, -0.2) is 0 Å².